The van der Waals surface area contributed by atoms with Crippen molar-refractivity contribution in [2.45, 2.75) is 39.3 Å². The van der Waals surface area contributed by atoms with Crippen LogP contribution in [0.25, 0.3) is 0 Å². The molecule has 0 aliphatic heterocycles. The van der Waals surface area contributed by atoms with Crippen LogP contribution in [0.5, 0.6) is 0 Å². The van der Waals surface area contributed by atoms with Crippen molar-refractivity contribution in [3.05, 3.63) is 18.2 Å². The molecule has 3 heteroatoms. The third kappa shape index (κ3) is 2.92. The number of rotatable bonds is 3. The summed E-state index contributed by atoms with van der Waals surface area (Å²) in [5.74, 6) is 0. The van der Waals surface area contributed by atoms with Crippen molar-refractivity contribution in [3.63, 3.8) is 0 Å². The summed E-state index contributed by atoms with van der Waals surface area (Å²) in [6.07, 6.45) is 0. The zero-order chi connectivity index (χ0) is 11.6. The summed E-state index contributed by atoms with van der Waals surface area (Å²) >= 11 is 0. The number of hydrogen-bond donors (Lipinski definition) is 0. The van der Waals surface area contributed by atoms with E-state index in [-0.39, 0.29) is 0 Å². The van der Waals surface area contributed by atoms with E-state index in [1.165, 1.54) is 0 Å². The van der Waals surface area contributed by atoms with Gasteiger partial charge in [-0.1, -0.05) is 73.0 Å². The van der Waals surface area contributed by atoms with Crippen LogP contribution in [-0.2, 0) is 0 Å². The average Bonchev–Trinajstić information content (AvgIpc) is 2.16. The largest absolute Gasteiger partial charge is 0.0682 e. The van der Waals surface area contributed by atoms with Gasteiger partial charge in [0.15, 0.2) is 0 Å². The molecule has 84 valence electrons. The van der Waals surface area contributed by atoms with Gasteiger partial charge in [-0.05, 0) is 0 Å². The molecular weight excluding hydrogens is 228 g/mol. The molecule has 0 aliphatic carbocycles. The number of benzene rings is 1. The Morgan fingerprint density at radius 1 is 0.667 bits per heavy atom. The molecule has 0 nitrogen and oxygen atoms in total. The van der Waals surface area contributed by atoms with E-state index in [1.807, 2.05) is 5.19 Å². The molecular formula is C12H24Si3. The fraction of sp³-hybridized carbons (Fsp3) is 0.500. The highest BCUT2D eigenvalue weighted by atomic mass is 28.3. The van der Waals surface area contributed by atoms with Gasteiger partial charge in [0.25, 0.3) is 0 Å². The lowest BCUT2D eigenvalue weighted by Crippen LogP contribution is -2.55. The fourth-order valence-corrected chi connectivity index (χ4v) is 10.5. The highest BCUT2D eigenvalue weighted by molar-refractivity contribution is 6.88. The molecule has 1 aromatic rings. The standard InChI is InChI=1S/C12H24Si3/c1-13(2)10-8-7-9-11(14(3)4)12(10)15(5)6/h7-9,13-15H,1-6H3. The lowest BCUT2D eigenvalue weighted by Gasteiger charge is -2.21. The molecule has 1 aromatic carbocycles. The molecule has 0 radical (unpaired) electrons. The lowest BCUT2D eigenvalue weighted by molar-refractivity contribution is 1.78. The topological polar surface area (TPSA) is 0 Å². The van der Waals surface area contributed by atoms with E-state index >= 15 is 0 Å². The van der Waals surface area contributed by atoms with Crippen LogP contribution < -0.4 is 15.6 Å². The molecule has 0 spiro atoms. The third-order valence-corrected chi connectivity index (χ3v) is 8.98. The van der Waals surface area contributed by atoms with Crippen molar-refractivity contribution in [2.75, 3.05) is 0 Å². The van der Waals surface area contributed by atoms with E-state index < -0.39 is 26.4 Å². The van der Waals surface area contributed by atoms with E-state index in [0.29, 0.717) is 0 Å². The second-order valence-corrected chi connectivity index (χ2v) is 14.1. The van der Waals surface area contributed by atoms with Gasteiger partial charge < -0.3 is 0 Å². The maximum atomic E-state index is 2.48. The minimum Gasteiger partial charge on any atom is -0.0682 e. The monoisotopic (exact) mass is 252 g/mol. The molecule has 0 aromatic heterocycles. The summed E-state index contributed by atoms with van der Waals surface area (Å²) in [5, 5.41) is 5.35. The Morgan fingerprint density at radius 3 is 1.33 bits per heavy atom. The lowest BCUT2D eigenvalue weighted by atomic mass is 10.3. The Kier molecular flexibility index (Phi) is 4.55. The van der Waals surface area contributed by atoms with Crippen molar-refractivity contribution in [1.82, 2.24) is 0 Å². The molecule has 15 heavy (non-hydrogen) atoms. The van der Waals surface area contributed by atoms with Gasteiger partial charge >= 0.3 is 0 Å². The van der Waals surface area contributed by atoms with Crippen molar-refractivity contribution >= 4 is 42.0 Å². The first kappa shape index (κ1) is 12.9. The van der Waals surface area contributed by atoms with Crippen molar-refractivity contribution < 1.29 is 0 Å². The van der Waals surface area contributed by atoms with Gasteiger partial charge in [-0.25, -0.2) is 0 Å². The zero-order valence-corrected chi connectivity index (χ0v) is 14.4. The molecule has 0 saturated heterocycles. The Balaban J connectivity index is 3.35. The Hall–Kier alpha value is -0.129. The zero-order valence-electron chi connectivity index (χ0n) is 11.0. The maximum Gasteiger partial charge on any atom is 0.0645 e. The maximum absolute atomic E-state index is 2.48. The Morgan fingerprint density at radius 2 is 1.07 bits per heavy atom. The predicted octanol–water partition coefficient (Wildman–Crippen LogP) is 0.768. The molecule has 0 heterocycles. The van der Waals surface area contributed by atoms with Crippen molar-refractivity contribution in [2.24, 2.45) is 0 Å². The van der Waals surface area contributed by atoms with Crippen molar-refractivity contribution in [1.29, 1.82) is 0 Å². The highest BCUT2D eigenvalue weighted by Crippen LogP contribution is 1.92. The van der Waals surface area contributed by atoms with E-state index in [9.17, 15) is 0 Å². The van der Waals surface area contributed by atoms with E-state index in [0.717, 1.165) is 0 Å². The van der Waals surface area contributed by atoms with Gasteiger partial charge in [-0.2, -0.15) is 0 Å². The molecule has 0 saturated carbocycles. The summed E-state index contributed by atoms with van der Waals surface area (Å²) in [5.41, 5.74) is 0. The Labute approximate surface area is 99.6 Å². The highest BCUT2D eigenvalue weighted by Gasteiger charge is 2.16. The molecule has 0 aliphatic rings. The summed E-state index contributed by atoms with van der Waals surface area (Å²) in [6, 6.07) is 7.10. The van der Waals surface area contributed by atoms with Gasteiger partial charge in [0.05, 0.1) is 26.4 Å². The van der Waals surface area contributed by atoms with Gasteiger partial charge in [-0.3, -0.25) is 0 Å². The third-order valence-electron chi connectivity index (χ3n) is 2.99. The Bertz CT molecular complexity index is 303. The molecule has 0 N–H and O–H groups in total. The molecule has 0 fully saturated rings. The second kappa shape index (κ2) is 5.28. The summed E-state index contributed by atoms with van der Waals surface area (Å²) in [6.45, 7) is 14.8. The predicted molar refractivity (Wildman–Crippen MR) is 82.0 cm³/mol. The fourth-order valence-electron chi connectivity index (χ4n) is 2.28. The van der Waals surface area contributed by atoms with Gasteiger partial charge in [0.1, 0.15) is 0 Å². The normalized spacial score (nSPS) is 11.8. The van der Waals surface area contributed by atoms with Crippen LogP contribution in [0, 0.1) is 0 Å². The van der Waals surface area contributed by atoms with Crippen LogP contribution in [0.3, 0.4) is 0 Å². The minimum atomic E-state index is -0.650. The second-order valence-electron chi connectivity index (χ2n) is 5.31. The first-order valence-corrected chi connectivity index (χ1v) is 14.7. The minimum absolute atomic E-state index is 0.637. The van der Waals surface area contributed by atoms with Crippen LogP contribution in [0.4, 0.5) is 0 Å². The summed E-state index contributed by atoms with van der Waals surface area (Å²) < 4.78 is 0. The summed E-state index contributed by atoms with van der Waals surface area (Å²) in [4.78, 5) is 0. The van der Waals surface area contributed by atoms with Gasteiger partial charge in [0.2, 0.25) is 0 Å². The van der Waals surface area contributed by atoms with Crippen LogP contribution in [0.1, 0.15) is 0 Å². The molecule has 0 atom stereocenters. The van der Waals surface area contributed by atoms with Crippen LogP contribution >= 0.6 is 0 Å². The van der Waals surface area contributed by atoms with Gasteiger partial charge in [-0.15, -0.1) is 0 Å². The summed E-state index contributed by atoms with van der Waals surface area (Å²) in [7, 11) is -1.92. The first-order valence-electron chi connectivity index (χ1n) is 6.07. The quantitative estimate of drug-likeness (QED) is 0.697. The van der Waals surface area contributed by atoms with E-state index in [1.54, 1.807) is 10.4 Å². The smallest absolute Gasteiger partial charge is 0.0645 e. The number of hydrogen-bond acceptors (Lipinski definition) is 0. The van der Waals surface area contributed by atoms with Crippen LogP contribution in [0.15, 0.2) is 18.2 Å². The van der Waals surface area contributed by atoms with Gasteiger partial charge in [0, 0.05) is 0 Å². The molecule has 0 bridgehead atoms. The molecule has 0 amide bonds. The first-order chi connectivity index (χ1) is 6.95. The van der Waals surface area contributed by atoms with E-state index in [2.05, 4.69) is 57.5 Å². The SMILES string of the molecule is C[SiH](C)c1cccc([SiH](C)C)c1[SiH](C)C. The van der Waals surface area contributed by atoms with E-state index in [4.69, 9.17) is 0 Å². The molecule has 0 unspecified atom stereocenters. The molecule has 1 rings (SSSR count). The van der Waals surface area contributed by atoms with Crippen LogP contribution in [-0.4, -0.2) is 26.4 Å². The van der Waals surface area contributed by atoms with Crippen LogP contribution in [0.2, 0.25) is 39.3 Å². The average molecular weight is 253 g/mol. The van der Waals surface area contributed by atoms with Crippen molar-refractivity contribution in [3.8, 4) is 0 Å².